The lowest BCUT2D eigenvalue weighted by Gasteiger charge is -1.87. The Labute approximate surface area is 106 Å². The topological polar surface area (TPSA) is 25.3 Å². The molecule has 0 unspecified atom stereocenters. The van der Waals surface area contributed by atoms with E-state index in [2.05, 4.69) is 0 Å². The third-order valence-electron chi connectivity index (χ3n) is 2.91. The van der Waals surface area contributed by atoms with Crippen molar-refractivity contribution in [3.8, 4) is 0 Å². The number of hydrogen-bond acceptors (Lipinski definition) is 0. The Morgan fingerprint density at radius 3 is 2.06 bits per heavy atom. The van der Waals surface area contributed by atoms with E-state index in [1.54, 1.807) is 0 Å². The van der Waals surface area contributed by atoms with Gasteiger partial charge in [0.2, 0.25) is 0 Å². The smallest absolute Gasteiger partial charge is 0.279 e. The molecule has 86 valence electrons. The SMILES string of the molecule is [N-]=[N+]1C(C=Cc2ccccc2)=C1c1ccccc1. The first-order valence-electron chi connectivity index (χ1n) is 5.88. The van der Waals surface area contributed by atoms with E-state index >= 15 is 0 Å². The summed E-state index contributed by atoms with van der Waals surface area (Å²) in [4.78, 5) is 0. The Kier molecular flexibility index (Phi) is 2.61. The van der Waals surface area contributed by atoms with Crippen molar-refractivity contribution >= 4 is 11.8 Å². The van der Waals surface area contributed by atoms with Gasteiger partial charge in [0.15, 0.2) is 0 Å². The van der Waals surface area contributed by atoms with Crippen LogP contribution in [0.1, 0.15) is 11.1 Å². The van der Waals surface area contributed by atoms with Gasteiger partial charge in [-0.2, -0.15) is 0 Å². The van der Waals surface area contributed by atoms with Gasteiger partial charge in [-0.25, -0.2) is 4.70 Å². The summed E-state index contributed by atoms with van der Waals surface area (Å²) >= 11 is 0. The fourth-order valence-electron chi connectivity index (χ4n) is 1.92. The molecule has 3 rings (SSSR count). The number of allylic oxidation sites excluding steroid dienone is 1. The second kappa shape index (κ2) is 4.41. The fraction of sp³-hybridized carbons (Fsp3) is 0. The van der Waals surface area contributed by atoms with Crippen LogP contribution in [-0.4, -0.2) is 4.70 Å². The average molecular weight is 232 g/mol. The minimum atomic E-state index is 0.852. The van der Waals surface area contributed by atoms with Crippen LogP contribution in [0, 0.1) is 0 Å². The Hall–Kier alpha value is -2.48. The molecule has 0 atom stereocenters. The lowest BCUT2D eigenvalue weighted by Crippen LogP contribution is -1.75. The molecule has 0 aliphatic carbocycles. The van der Waals surface area contributed by atoms with Gasteiger partial charge in [0.1, 0.15) is 0 Å². The van der Waals surface area contributed by atoms with Crippen LogP contribution in [0.3, 0.4) is 0 Å². The van der Waals surface area contributed by atoms with E-state index in [0.29, 0.717) is 0 Å². The lowest BCUT2D eigenvalue weighted by atomic mass is 10.2. The van der Waals surface area contributed by atoms with Crippen LogP contribution in [0.5, 0.6) is 0 Å². The summed E-state index contributed by atoms with van der Waals surface area (Å²) in [5, 5.41) is 0. The average Bonchev–Trinajstić information content (AvgIpc) is 3.09. The van der Waals surface area contributed by atoms with Gasteiger partial charge in [-0.05, 0) is 23.8 Å². The van der Waals surface area contributed by atoms with Gasteiger partial charge in [0, 0.05) is 6.08 Å². The second-order valence-corrected chi connectivity index (χ2v) is 4.16. The fourth-order valence-corrected chi connectivity index (χ4v) is 1.92. The predicted octanol–water partition coefficient (Wildman–Crippen LogP) is 4.12. The molecule has 2 aromatic carbocycles. The molecule has 0 saturated carbocycles. The molecule has 1 aliphatic rings. The van der Waals surface area contributed by atoms with Crippen molar-refractivity contribution in [3.63, 3.8) is 0 Å². The van der Waals surface area contributed by atoms with Gasteiger partial charge >= 0.3 is 0 Å². The molecule has 2 nitrogen and oxygen atoms in total. The first-order chi connectivity index (χ1) is 8.86. The first-order valence-corrected chi connectivity index (χ1v) is 5.88. The minimum Gasteiger partial charge on any atom is -0.493 e. The zero-order valence-corrected chi connectivity index (χ0v) is 9.82. The Balaban J connectivity index is 1.85. The van der Waals surface area contributed by atoms with E-state index in [4.69, 9.17) is 0 Å². The highest BCUT2D eigenvalue weighted by molar-refractivity contribution is 5.73. The first kappa shape index (κ1) is 10.7. The van der Waals surface area contributed by atoms with E-state index < -0.39 is 0 Å². The largest absolute Gasteiger partial charge is 0.493 e. The summed E-state index contributed by atoms with van der Waals surface area (Å²) in [6.45, 7) is 0. The molecule has 0 aromatic heterocycles. The molecule has 2 heteroatoms. The highest BCUT2D eigenvalue weighted by Crippen LogP contribution is 2.36. The van der Waals surface area contributed by atoms with E-state index in [9.17, 15) is 5.53 Å². The Morgan fingerprint density at radius 1 is 0.778 bits per heavy atom. The van der Waals surface area contributed by atoms with E-state index in [1.165, 1.54) is 4.70 Å². The summed E-state index contributed by atoms with van der Waals surface area (Å²) in [6.07, 6.45) is 3.92. The van der Waals surface area contributed by atoms with Crippen molar-refractivity contribution in [2.45, 2.75) is 0 Å². The van der Waals surface area contributed by atoms with Crippen LogP contribution in [-0.2, 0) is 0 Å². The highest BCUT2D eigenvalue weighted by Gasteiger charge is 2.36. The quantitative estimate of drug-likeness (QED) is 0.711. The Morgan fingerprint density at radius 2 is 1.39 bits per heavy atom. The van der Waals surface area contributed by atoms with Crippen LogP contribution in [0.4, 0.5) is 0 Å². The van der Waals surface area contributed by atoms with Gasteiger partial charge in [-0.3, -0.25) is 0 Å². The Bertz CT molecular complexity index is 637. The minimum absolute atomic E-state index is 0.852. The molecule has 18 heavy (non-hydrogen) atoms. The molecule has 1 aliphatic heterocycles. The van der Waals surface area contributed by atoms with Crippen LogP contribution < -0.4 is 0 Å². The standard InChI is InChI=1S/C16H12N2/c17-18-15(12-11-13-7-3-1-4-8-13)16(18)14-9-5-2-6-10-14/h1-12H. The molecule has 0 amide bonds. The van der Waals surface area contributed by atoms with Crippen molar-refractivity contribution in [1.29, 1.82) is 0 Å². The van der Waals surface area contributed by atoms with Crippen LogP contribution in [0.15, 0.2) is 72.4 Å². The van der Waals surface area contributed by atoms with Crippen LogP contribution in [0.25, 0.3) is 17.3 Å². The van der Waals surface area contributed by atoms with Crippen molar-refractivity contribution < 1.29 is 4.70 Å². The van der Waals surface area contributed by atoms with Gasteiger partial charge < -0.3 is 5.53 Å². The van der Waals surface area contributed by atoms with E-state index in [0.717, 1.165) is 22.5 Å². The van der Waals surface area contributed by atoms with E-state index in [-0.39, 0.29) is 0 Å². The summed E-state index contributed by atoms with van der Waals surface area (Å²) in [5.41, 5.74) is 13.6. The maximum absolute atomic E-state index is 9.73. The van der Waals surface area contributed by atoms with Crippen molar-refractivity contribution in [3.05, 3.63) is 89.1 Å². The van der Waals surface area contributed by atoms with Crippen molar-refractivity contribution in [1.82, 2.24) is 0 Å². The summed E-state index contributed by atoms with van der Waals surface area (Å²) in [7, 11) is 0. The van der Waals surface area contributed by atoms with Crippen LogP contribution in [0.2, 0.25) is 0 Å². The number of hydrogen-bond donors (Lipinski definition) is 0. The van der Waals surface area contributed by atoms with Gasteiger partial charge in [0.25, 0.3) is 11.4 Å². The number of nitrogens with zero attached hydrogens (tertiary/aromatic N) is 2. The normalized spacial score (nSPS) is 14.3. The molecular formula is C16H12N2. The zero-order chi connectivity index (χ0) is 12.4. The van der Waals surface area contributed by atoms with Gasteiger partial charge in [-0.1, -0.05) is 48.5 Å². The molecule has 1 heterocycles. The molecule has 0 radical (unpaired) electrons. The maximum atomic E-state index is 9.73. The summed E-state index contributed by atoms with van der Waals surface area (Å²) in [6, 6.07) is 19.9. The van der Waals surface area contributed by atoms with Crippen LogP contribution >= 0.6 is 0 Å². The van der Waals surface area contributed by atoms with Crippen molar-refractivity contribution in [2.75, 3.05) is 0 Å². The molecule has 0 fully saturated rings. The van der Waals surface area contributed by atoms with Gasteiger partial charge in [-0.15, -0.1) is 0 Å². The molecule has 0 spiro atoms. The van der Waals surface area contributed by atoms with Crippen molar-refractivity contribution in [2.24, 2.45) is 0 Å². The highest BCUT2D eigenvalue weighted by atomic mass is 15.3. The summed E-state index contributed by atoms with van der Waals surface area (Å²) in [5.74, 6) is 0. The molecule has 0 N–H and O–H groups in total. The molecule has 2 aromatic rings. The van der Waals surface area contributed by atoms with E-state index in [1.807, 2.05) is 72.8 Å². The lowest BCUT2D eigenvalue weighted by molar-refractivity contribution is -0.310. The number of rotatable bonds is 3. The molecular weight excluding hydrogens is 220 g/mol. The maximum Gasteiger partial charge on any atom is 0.279 e. The second-order valence-electron chi connectivity index (χ2n) is 4.16. The monoisotopic (exact) mass is 232 g/mol. The molecule has 0 saturated heterocycles. The predicted molar refractivity (Wildman–Crippen MR) is 72.5 cm³/mol. The summed E-state index contributed by atoms with van der Waals surface area (Å²) < 4.78 is 1.22. The third kappa shape index (κ3) is 2.00. The third-order valence-corrected chi connectivity index (χ3v) is 2.91. The van der Waals surface area contributed by atoms with Gasteiger partial charge in [0.05, 0.1) is 5.56 Å². The zero-order valence-electron chi connectivity index (χ0n) is 9.82. The number of benzene rings is 2. The molecule has 0 bridgehead atoms.